The van der Waals surface area contributed by atoms with E-state index in [0.29, 0.717) is 37.7 Å². The maximum atomic E-state index is 12.5. The Bertz CT molecular complexity index is 445. The van der Waals surface area contributed by atoms with E-state index in [4.69, 9.17) is 4.74 Å². The molecule has 0 radical (unpaired) electrons. The molecule has 0 atom stereocenters. The molecule has 1 aliphatic heterocycles. The maximum absolute atomic E-state index is 12.5. The third kappa shape index (κ3) is 2.81. The Kier molecular flexibility index (Phi) is 4.19. The molecule has 1 fully saturated rings. The SMILES string of the molecule is CN(C)c1ncc(Br)cc1C(=O)N1CCOCC1. The molecule has 0 aromatic carbocycles. The second-order valence-corrected chi connectivity index (χ2v) is 5.24. The van der Waals surface area contributed by atoms with Crippen LogP contribution in [0.1, 0.15) is 10.4 Å². The highest BCUT2D eigenvalue weighted by Gasteiger charge is 2.22. The molecule has 1 aliphatic rings. The number of halogens is 1. The van der Waals surface area contributed by atoms with Gasteiger partial charge in [0.05, 0.1) is 18.8 Å². The van der Waals surface area contributed by atoms with Crippen molar-refractivity contribution in [1.82, 2.24) is 9.88 Å². The number of pyridine rings is 1. The number of hydrogen-bond donors (Lipinski definition) is 0. The van der Waals surface area contributed by atoms with Gasteiger partial charge in [-0.3, -0.25) is 4.79 Å². The van der Waals surface area contributed by atoms with Gasteiger partial charge >= 0.3 is 0 Å². The molecule has 2 heterocycles. The summed E-state index contributed by atoms with van der Waals surface area (Å²) >= 11 is 3.36. The van der Waals surface area contributed by atoms with E-state index in [-0.39, 0.29) is 5.91 Å². The summed E-state index contributed by atoms with van der Waals surface area (Å²) in [6.07, 6.45) is 1.70. The van der Waals surface area contributed by atoms with Crippen LogP contribution in [0.3, 0.4) is 0 Å². The van der Waals surface area contributed by atoms with Gasteiger partial charge in [-0.1, -0.05) is 0 Å². The highest BCUT2D eigenvalue weighted by atomic mass is 79.9. The fourth-order valence-corrected chi connectivity index (χ4v) is 2.21. The van der Waals surface area contributed by atoms with Gasteiger partial charge in [-0.05, 0) is 22.0 Å². The van der Waals surface area contributed by atoms with Crippen LogP contribution in [0, 0.1) is 0 Å². The minimum Gasteiger partial charge on any atom is -0.378 e. The molecule has 0 aliphatic carbocycles. The first-order chi connectivity index (χ1) is 8.59. The molecule has 98 valence electrons. The van der Waals surface area contributed by atoms with E-state index in [1.165, 1.54) is 0 Å². The zero-order chi connectivity index (χ0) is 13.1. The predicted molar refractivity (Wildman–Crippen MR) is 73.0 cm³/mol. The number of amides is 1. The van der Waals surface area contributed by atoms with Gasteiger partial charge in [-0.15, -0.1) is 0 Å². The summed E-state index contributed by atoms with van der Waals surface area (Å²) in [5, 5.41) is 0. The topological polar surface area (TPSA) is 45.7 Å². The van der Waals surface area contributed by atoms with E-state index in [1.807, 2.05) is 25.1 Å². The summed E-state index contributed by atoms with van der Waals surface area (Å²) in [5.74, 6) is 0.700. The van der Waals surface area contributed by atoms with Gasteiger partial charge in [-0.2, -0.15) is 0 Å². The first-order valence-electron chi connectivity index (χ1n) is 5.79. The van der Waals surface area contributed by atoms with Gasteiger partial charge in [-0.25, -0.2) is 4.98 Å². The Morgan fingerprint density at radius 2 is 2.11 bits per heavy atom. The molecule has 18 heavy (non-hydrogen) atoms. The lowest BCUT2D eigenvalue weighted by molar-refractivity contribution is 0.0303. The maximum Gasteiger partial charge on any atom is 0.257 e. The van der Waals surface area contributed by atoms with E-state index in [1.54, 1.807) is 11.1 Å². The van der Waals surface area contributed by atoms with Gasteiger partial charge in [0.15, 0.2) is 0 Å². The summed E-state index contributed by atoms with van der Waals surface area (Å²) in [6, 6.07) is 1.82. The van der Waals surface area contributed by atoms with Gasteiger partial charge in [0.25, 0.3) is 5.91 Å². The molecule has 5 nitrogen and oxygen atoms in total. The molecule has 1 saturated heterocycles. The Labute approximate surface area is 115 Å². The molecule has 0 bridgehead atoms. The van der Waals surface area contributed by atoms with Crippen molar-refractivity contribution in [3.05, 3.63) is 22.3 Å². The monoisotopic (exact) mass is 313 g/mol. The minimum absolute atomic E-state index is 0.0100. The van der Waals surface area contributed by atoms with Crippen molar-refractivity contribution < 1.29 is 9.53 Å². The van der Waals surface area contributed by atoms with Gasteiger partial charge in [0.1, 0.15) is 5.82 Å². The largest absolute Gasteiger partial charge is 0.378 e. The van der Waals surface area contributed by atoms with Crippen LogP contribution >= 0.6 is 15.9 Å². The standard InChI is InChI=1S/C12H16BrN3O2/c1-15(2)11-10(7-9(13)8-14-11)12(17)16-3-5-18-6-4-16/h7-8H,3-6H2,1-2H3. The third-order valence-corrected chi connectivity index (χ3v) is 3.22. The summed E-state index contributed by atoms with van der Waals surface area (Å²) in [7, 11) is 3.76. The summed E-state index contributed by atoms with van der Waals surface area (Å²) in [4.78, 5) is 20.4. The van der Waals surface area contributed by atoms with Crippen LogP contribution in [0.2, 0.25) is 0 Å². The number of hydrogen-bond acceptors (Lipinski definition) is 4. The molecule has 1 aromatic rings. The summed E-state index contributed by atoms with van der Waals surface area (Å²) in [6.45, 7) is 2.48. The molecule has 0 saturated carbocycles. The smallest absolute Gasteiger partial charge is 0.257 e. The summed E-state index contributed by atoms with van der Waals surface area (Å²) < 4.78 is 6.07. The lowest BCUT2D eigenvalue weighted by atomic mass is 10.2. The number of aromatic nitrogens is 1. The number of rotatable bonds is 2. The summed E-state index contributed by atoms with van der Waals surface area (Å²) in [5.41, 5.74) is 0.622. The van der Waals surface area contributed by atoms with Gasteiger partial charge < -0.3 is 14.5 Å². The van der Waals surface area contributed by atoms with E-state index < -0.39 is 0 Å². The zero-order valence-corrected chi connectivity index (χ0v) is 12.1. The number of anilines is 1. The fraction of sp³-hybridized carbons (Fsp3) is 0.500. The molecule has 2 rings (SSSR count). The van der Waals surface area contributed by atoms with Crippen molar-refractivity contribution in [1.29, 1.82) is 0 Å². The van der Waals surface area contributed by atoms with Crippen molar-refractivity contribution in [3.63, 3.8) is 0 Å². The third-order valence-electron chi connectivity index (χ3n) is 2.79. The van der Waals surface area contributed by atoms with Crippen molar-refractivity contribution in [2.75, 3.05) is 45.3 Å². The Hall–Kier alpha value is -1.14. The van der Waals surface area contributed by atoms with Crippen LogP contribution < -0.4 is 4.90 Å². The highest BCUT2D eigenvalue weighted by molar-refractivity contribution is 9.10. The van der Waals surface area contributed by atoms with Crippen LogP contribution in [0.5, 0.6) is 0 Å². The molecular weight excluding hydrogens is 298 g/mol. The number of carbonyl (C=O) groups excluding carboxylic acids is 1. The second kappa shape index (κ2) is 5.67. The van der Waals surface area contributed by atoms with Crippen LogP contribution in [-0.4, -0.2) is 56.2 Å². The fourth-order valence-electron chi connectivity index (χ4n) is 1.88. The Morgan fingerprint density at radius 1 is 1.44 bits per heavy atom. The van der Waals surface area contributed by atoms with Crippen LogP contribution in [0.15, 0.2) is 16.7 Å². The number of morpholine rings is 1. The van der Waals surface area contributed by atoms with Gasteiger partial charge in [0.2, 0.25) is 0 Å². The van der Waals surface area contributed by atoms with E-state index >= 15 is 0 Å². The highest BCUT2D eigenvalue weighted by Crippen LogP contribution is 2.22. The Balaban J connectivity index is 2.30. The number of ether oxygens (including phenoxy) is 1. The zero-order valence-electron chi connectivity index (χ0n) is 10.5. The quantitative estimate of drug-likeness (QED) is 0.827. The van der Waals surface area contributed by atoms with E-state index in [0.717, 1.165) is 4.47 Å². The van der Waals surface area contributed by atoms with Crippen molar-refractivity contribution in [2.45, 2.75) is 0 Å². The second-order valence-electron chi connectivity index (χ2n) is 4.32. The molecule has 0 N–H and O–H groups in total. The Morgan fingerprint density at radius 3 is 2.72 bits per heavy atom. The average Bonchev–Trinajstić information content (AvgIpc) is 2.38. The average molecular weight is 314 g/mol. The van der Waals surface area contributed by atoms with Crippen molar-refractivity contribution in [3.8, 4) is 0 Å². The molecule has 6 heteroatoms. The van der Waals surface area contributed by atoms with Gasteiger partial charge in [0, 0.05) is 37.9 Å². The van der Waals surface area contributed by atoms with E-state index in [2.05, 4.69) is 20.9 Å². The van der Waals surface area contributed by atoms with Crippen molar-refractivity contribution in [2.24, 2.45) is 0 Å². The van der Waals surface area contributed by atoms with Crippen LogP contribution in [0.25, 0.3) is 0 Å². The lowest BCUT2D eigenvalue weighted by Crippen LogP contribution is -2.41. The molecular formula is C12H16BrN3O2. The normalized spacial score (nSPS) is 15.6. The molecule has 0 unspecified atom stereocenters. The first kappa shape index (κ1) is 13.3. The van der Waals surface area contributed by atoms with Crippen LogP contribution in [0.4, 0.5) is 5.82 Å². The predicted octanol–water partition coefficient (Wildman–Crippen LogP) is 1.38. The number of nitrogens with zero attached hydrogens (tertiary/aromatic N) is 3. The van der Waals surface area contributed by atoms with Crippen molar-refractivity contribution >= 4 is 27.7 Å². The van der Waals surface area contributed by atoms with E-state index in [9.17, 15) is 4.79 Å². The first-order valence-corrected chi connectivity index (χ1v) is 6.59. The molecule has 0 spiro atoms. The molecule has 1 amide bonds. The van der Waals surface area contributed by atoms with Crippen LogP contribution in [-0.2, 0) is 4.74 Å². The molecule has 1 aromatic heterocycles. The minimum atomic E-state index is 0.0100. The number of carbonyl (C=O) groups is 1. The lowest BCUT2D eigenvalue weighted by Gasteiger charge is -2.28.